The molecule has 1 aromatic carbocycles. The number of thiophene rings is 1. The van der Waals surface area contributed by atoms with E-state index in [4.69, 9.17) is 4.42 Å². The van der Waals surface area contributed by atoms with E-state index in [-0.39, 0.29) is 5.91 Å². The molecule has 136 valence electrons. The summed E-state index contributed by atoms with van der Waals surface area (Å²) >= 11 is 1.65. The van der Waals surface area contributed by atoms with Crippen LogP contribution < -0.4 is 0 Å². The van der Waals surface area contributed by atoms with E-state index >= 15 is 0 Å². The van der Waals surface area contributed by atoms with Crippen molar-refractivity contribution in [3.8, 4) is 0 Å². The van der Waals surface area contributed by atoms with E-state index < -0.39 is 0 Å². The second-order valence-corrected chi connectivity index (χ2v) is 7.25. The van der Waals surface area contributed by atoms with Gasteiger partial charge in [-0.15, -0.1) is 11.3 Å². The standard InChI is InChI=1S/C21H19N3O2S/c25-21(18-8-6-17(7-9-18)14-24-11-3-10-22-24)23(15-19-4-1-12-26-19)16-20-5-2-13-27-20/h1-13H,14-16H2. The number of carbonyl (C=O) groups is 1. The Morgan fingerprint density at radius 2 is 1.96 bits per heavy atom. The monoisotopic (exact) mass is 377 g/mol. The Morgan fingerprint density at radius 1 is 1.07 bits per heavy atom. The molecule has 4 aromatic rings. The van der Waals surface area contributed by atoms with Gasteiger partial charge in [-0.25, -0.2) is 0 Å². The molecule has 4 rings (SSSR count). The van der Waals surface area contributed by atoms with Crippen molar-refractivity contribution in [3.05, 3.63) is 100 Å². The zero-order valence-electron chi connectivity index (χ0n) is 14.7. The number of furan rings is 1. The van der Waals surface area contributed by atoms with E-state index in [1.165, 1.54) is 0 Å². The molecule has 0 aliphatic rings. The number of benzene rings is 1. The van der Waals surface area contributed by atoms with E-state index in [2.05, 4.69) is 5.10 Å². The highest BCUT2D eigenvalue weighted by Crippen LogP contribution is 2.18. The number of hydrogen-bond donors (Lipinski definition) is 0. The Bertz CT molecular complexity index is 923. The van der Waals surface area contributed by atoms with Crippen molar-refractivity contribution >= 4 is 17.2 Å². The minimum Gasteiger partial charge on any atom is -0.467 e. The van der Waals surface area contributed by atoms with Crippen molar-refractivity contribution in [2.75, 3.05) is 0 Å². The zero-order chi connectivity index (χ0) is 18.5. The Morgan fingerprint density at radius 3 is 2.63 bits per heavy atom. The molecular formula is C21H19N3O2S. The van der Waals surface area contributed by atoms with Crippen LogP contribution in [0.4, 0.5) is 0 Å². The predicted molar refractivity (Wildman–Crippen MR) is 104 cm³/mol. The summed E-state index contributed by atoms with van der Waals surface area (Å²) in [6, 6.07) is 17.4. The van der Waals surface area contributed by atoms with Crippen molar-refractivity contribution in [3.63, 3.8) is 0 Å². The molecule has 0 radical (unpaired) electrons. The van der Waals surface area contributed by atoms with Gasteiger partial charge in [0.15, 0.2) is 0 Å². The molecule has 0 spiro atoms. The van der Waals surface area contributed by atoms with Gasteiger partial charge in [-0.3, -0.25) is 9.48 Å². The van der Waals surface area contributed by atoms with Gasteiger partial charge in [0, 0.05) is 22.8 Å². The van der Waals surface area contributed by atoms with E-state index in [1.807, 2.05) is 75.8 Å². The summed E-state index contributed by atoms with van der Waals surface area (Å²) in [6.07, 6.45) is 5.31. The first-order valence-corrected chi connectivity index (χ1v) is 9.56. The molecule has 0 unspecified atom stereocenters. The van der Waals surface area contributed by atoms with E-state index in [9.17, 15) is 4.79 Å². The second kappa shape index (κ2) is 8.05. The van der Waals surface area contributed by atoms with Crippen molar-refractivity contribution in [2.24, 2.45) is 0 Å². The minimum absolute atomic E-state index is 0.00885. The lowest BCUT2D eigenvalue weighted by Gasteiger charge is -2.21. The number of amides is 1. The van der Waals surface area contributed by atoms with Crippen molar-refractivity contribution in [2.45, 2.75) is 19.6 Å². The van der Waals surface area contributed by atoms with Crippen LogP contribution in [0.3, 0.4) is 0 Å². The third-order valence-corrected chi connectivity index (χ3v) is 5.11. The maximum absolute atomic E-state index is 13.1. The van der Waals surface area contributed by atoms with Crippen LogP contribution in [0.15, 0.2) is 83.1 Å². The number of aromatic nitrogens is 2. The molecular weight excluding hydrogens is 358 g/mol. The average Bonchev–Trinajstić information content (AvgIpc) is 3.45. The van der Waals surface area contributed by atoms with Gasteiger partial charge in [0.1, 0.15) is 5.76 Å². The molecule has 1 amide bonds. The van der Waals surface area contributed by atoms with Gasteiger partial charge >= 0.3 is 0 Å². The normalized spacial score (nSPS) is 10.8. The highest BCUT2D eigenvalue weighted by Gasteiger charge is 2.18. The number of hydrogen-bond acceptors (Lipinski definition) is 4. The fourth-order valence-corrected chi connectivity index (χ4v) is 3.62. The quantitative estimate of drug-likeness (QED) is 0.479. The molecule has 0 bridgehead atoms. The van der Waals surface area contributed by atoms with Gasteiger partial charge in [0.25, 0.3) is 5.91 Å². The first-order valence-electron chi connectivity index (χ1n) is 8.68. The highest BCUT2D eigenvalue weighted by atomic mass is 32.1. The van der Waals surface area contributed by atoms with Crippen LogP contribution in [0.1, 0.15) is 26.6 Å². The van der Waals surface area contributed by atoms with Crippen LogP contribution in [-0.4, -0.2) is 20.6 Å². The van der Waals surface area contributed by atoms with Gasteiger partial charge in [0.05, 0.1) is 25.9 Å². The summed E-state index contributed by atoms with van der Waals surface area (Å²) in [5.41, 5.74) is 1.77. The SMILES string of the molecule is O=C(c1ccc(Cn2cccn2)cc1)N(Cc1ccco1)Cc1cccs1. The summed E-state index contributed by atoms with van der Waals surface area (Å²) < 4.78 is 7.30. The van der Waals surface area contributed by atoms with Gasteiger partial charge in [0.2, 0.25) is 0 Å². The molecule has 0 fully saturated rings. The third-order valence-electron chi connectivity index (χ3n) is 4.25. The fourth-order valence-electron chi connectivity index (χ4n) is 2.90. The van der Waals surface area contributed by atoms with Crippen LogP contribution in [-0.2, 0) is 19.6 Å². The Labute approximate surface area is 161 Å². The summed E-state index contributed by atoms with van der Waals surface area (Å²) in [5.74, 6) is 0.764. The molecule has 5 nitrogen and oxygen atoms in total. The Kier molecular flexibility index (Phi) is 5.16. The molecule has 27 heavy (non-hydrogen) atoms. The minimum atomic E-state index is -0.00885. The highest BCUT2D eigenvalue weighted by molar-refractivity contribution is 7.09. The predicted octanol–water partition coefficient (Wildman–Crippen LogP) is 4.43. The number of carbonyl (C=O) groups excluding carboxylic acids is 1. The Balaban J connectivity index is 1.51. The van der Waals surface area contributed by atoms with Crippen LogP contribution in [0.25, 0.3) is 0 Å². The van der Waals surface area contributed by atoms with Crippen LogP contribution in [0, 0.1) is 0 Å². The lowest BCUT2D eigenvalue weighted by Crippen LogP contribution is -2.29. The molecule has 0 N–H and O–H groups in total. The summed E-state index contributed by atoms with van der Waals surface area (Å²) in [5, 5.41) is 6.24. The molecule has 0 saturated carbocycles. The van der Waals surface area contributed by atoms with Crippen molar-refractivity contribution in [1.29, 1.82) is 0 Å². The molecule has 0 atom stereocenters. The largest absolute Gasteiger partial charge is 0.467 e. The number of rotatable bonds is 7. The Hall–Kier alpha value is -3.12. The maximum atomic E-state index is 13.1. The third kappa shape index (κ3) is 4.35. The molecule has 3 heterocycles. The fraction of sp³-hybridized carbons (Fsp3) is 0.143. The van der Waals surface area contributed by atoms with Gasteiger partial charge in [-0.05, 0) is 47.3 Å². The topological polar surface area (TPSA) is 51.3 Å². The lowest BCUT2D eigenvalue weighted by molar-refractivity contribution is 0.0719. The van der Waals surface area contributed by atoms with Crippen LogP contribution in [0.2, 0.25) is 0 Å². The molecule has 6 heteroatoms. The molecule has 0 saturated heterocycles. The zero-order valence-corrected chi connectivity index (χ0v) is 15.5. The average molecular weight is 377 g/mol. The van der Waals surface area contributed by atoms with Crippen LogP contribution in [0.5, 0.6) is 0 Å². The van der Waals surface area contributed by atoms with Crippen molar-refractivity contribution < 1.29 is 9.21 Å². The summed E-state index contributed by atoms with van der Waals surface area (Å²) in [6.45, 7) is 1.69. The van der Waals surface area contributed by atoms with E-state index in [0.717, 1.165) is 16.2 Å². The number of nitrogens with zero attached hydrogens (tertiary/aromatic N) is 3. The second-order valence-electron chi connectivity index (χ2n) is 6.22. The molecule has 0 aliphatic heterocycles. The summed E-state index contributed by atoms with van der Waals surface area (Å²) in [4.78, 5) is 16.1. The molecule has 0 aliphatic carbocycles. The first kappa shape index (κ1) is 17.3. The van der Waals surface area contributed by atoms with E-state index in [1.54, 1.807) is 23.8 Å². The smallest absolute Gasteiger partial charge is 0.254 e. The summed E-state index contributed by atoms with van der Waals surface area (Å²) in [7, 11) is 0. The van der Waals surface area contributed by atoms with E-state index in [0.29, 0.717) is 25.2 Å². The van der Waals surface area contributed by atoms with Gasteiger partial charge in [-0.1, -0.05) is 18.2 Å². The molecule has 3 aromatic heterocycles. The maximum Gasteiger partial charge on any atom is 0.254 e. The van der Waals surface area contributed by atoms with Gasteiger partial charge in [-0.2, -0.15) is 5.10 Å². The van der Waals surface area contributed by atoms with Crippen molar-refractivity contribution in [1.82, 2.24) is 14.7 Å². The lowest BCUT2D eigenvalue weighted by atomic mass is 10.1. The van der Waals surface area contributed by atoms with Crippen LogP contribution >= 0.6 is 11.3 Å². The first-order chi connectivity index (χ1) is 13.3. The van der Waals surface area contributed by atoms with Gasteiger partial charge < -0.3 is 9.32 Å².